The molecule has 0 aliphatic heterocycles. The Morgan fingerprint density at radius 1 is 1.09 bits per heavy atom. The Hall–Kier alpha value is -1.98. The molecule has 1 aromatic carbocycles. The van der Waals surface area contributed by atoms with E-state index in [4.69, 9.17) is 0 Å². The number of carbonyl (C=O) groups is 2. The van der Waals surface area contributed by atoms with Gasteiger partial charge in [0.15, 0.2) is 5.78 Å². The number of alkyl halides is 3. The number of hydrogen-bond donors (Lipinski definition) is 2. The minimum absolute atomic E-state index is 0.131. The highest BCUT2D eigenvalue weighted by molar-refractivity contribution is 7.98. The monoisotopic (exact) mass is 512 g/mol. The van der Waals surface area contributed by atoms with Gasteiger partial charge in [0.1, 0.15) is 0 Å². The minimum Gasteiger partial charge on any atom is -0.332 e. The summed E-state index contributed by atoms with van der Waals surface area (Å²) in [4.78, 5) is 25.2. The van der Waals surface area contributed by atoms with Gasteiger partial charge >= 0.3 is 6.18 Å². The highest BCUT2D eigenvalue weighted by atomic mass is 32.2. The third-order valence-corrected chi connectivity index (χ3v) is 6.50. The van der Waals surface area contributed by atoms with Crippen LogP contribution in [-0.2, 0) is 4.79 Å². The zero-order valence-corrected chi connectivity index (χ0v) is 22.1. The van der Waals surface area contributed by atoms with Gasteiger partial charge in [-0.15, -0.1) is 5.92 Å². The van der Waals surface area contributed by atoms with Crippen LogP contribution in [0.15, 0.2) is 24.3 Å². The third-order valence-electron chi connectivity index (χ3n) is 5.32. The maximum Gasteiger partial charge on any atom is 0.423 e. The van der Waals surface area contributed by atoms with Crippen molar-refractivity contribution in [1.82, 2.24) is 10.0 Å². The van der Waals surface area contributed by atoms with E-state index in [0.717, 1.165) is 37.7 Å². The molecule has 2 N–H and O–H groups in total. The van der Waals surface area contributed by atoms with Crippen molar-refractivity contribution in [1.29, 1.82) is 0 Å². The summed E-state index contributed by atoms with van der Waals surface area (Å²) in [5.74, 6) is 3.36. The highest BCUT2D eigenvalue weighted by Crippen LogP contribution is 2.35. The first-order valence-corrected chi connectivity index (χ1v) is 13.4. The highest BCUT2D eigenvalue weighted by Gasteiger charge is 2.56. The van der Waals surface area contributed by atoms with E-state index in [1.807, 2.05) is 27.7 Å². The van der Waals surface area contributed by atoms with E-state index < -0.39 is 29.8 Å². The van der Waals surface area contributed by atoms with Crippen molar-refractivity contribution in [2.24, 2.45) is 0 Å². The fraction of sp³-hybridized carbons (Fsp3) is 0.630. The van der Waals surface area contributed by atoms with Gasteiger partial charge in [0, 0.05) is 30.2 Å². The van der Waals surface area contributed by atoms with Crippen molar-refractivity contribution in [2.45, 2.75) is 102 Å². The number of benzene rings is 1. The molecule has 1 fully saturated rings. The molecule has 4 nitrogen and oxygen atoms in total. The van der Waals surface area contributed by atoms with Gasteiger partial charge in [-0.1, -0.05) is 87.7 Å². The van der Waals surface area contributed by atoms with Crippen molar-refractivity contribution >= 4 is 23.6 Å². The summed E-state index contributed by atoms with van der Waals surface area (Å²) < 4.78 is 46.0. The fourth-order valence-electron chi connectivity index (χ4n) is 3.13. The molecule has 196 valence electrons. The van der Waals surface area contributed by atoms with Crippen molar-refractivity contribution in [3.8, 4) is 11.8 Å². The molecule has 0 bridgehead atoms. The summed E-state index contributed by atoms with van der Waals surface area (Å²) in [6.45, 7) is 8.12. The molecule has 0 aromatic heterocycles. The van der Waals surface area contributed by atoms with Gasteiger partial charge in [0.25, 0.3) is 0 Å². The second kappa shape index (κ2) is 15.9. The number of aryl methyl sites for hydroxylation is 1. The van der Waals surface area contributed by atoms with Crippen molar-refractivity contribution < 1.29 is 22.8 Å². The predicted octanol–water partition coefficient (Wildman–Crippen LogP) is 6.78. The average Bonchev–Trinajstić information content (AvgIpc) is 3.64. The average molecular weight is 513 g/mol. The zero-order valence-electron chi connectivity index (χ0n) is 21.3. The van der Waals surface area contributed by atoms with Crippen molar-refractivity contribution in [2.75, 3.05) is 6.54 Å². The number of unbranched alkanes of at least 4 members (excludes halogenated alkanes) is 4. The molecule has 8 heteroatoms. The summed E-state index contributed by atoms with van der Waals surface area (Å²) in [6, 6.07) is 6.34. The molecular weight excluding hydrogens is 473 g/mol. The summed E-state index contributed by atoms with van der Waals surface area (Å²) >= 11 is 1.51. The molecule has 2 rings (SSSR count). The minimum atomic E-state index is -4.91. The van der Waals surface area contributed by atoms with Crippen LogP contribution >= 0.6 is 11.9 Å². The van der Waals surface area contributed by atoms with E-state index in [1.54, 1.807) is 12.1 Å². The van der Waals surface area contributed by atoms with E-state index in [0.29, 0.717) is 11.7 Å². The van der Waals surface area contributed by atoms with Crippen LogP contribution in [0.5, 0.6) is 0 Å². The van der Waals surface area contributed by atoms with Crippen LogP contribution in [0.4, 0.5) is 13.2 Å². The largest absolute Gasteiger partial charge is 0.423 e. The first-order chi connectivity index (χ1) is 16.7. The molecule has 1 aromatic rings. The van der Waals surface area contributed by atoms with Crippen LogP contribution < -0.4 is 10.0 Å². The number of amides is 1. The molecule has 1 saturated carbocycles. The van der Waals surface area contributed by atoms with Crippen LogP contribution in [0.2, 0.25) is 0 Å². The van der Waals surface area contributed by atoms with Crippen LogP contribution in [0.25, 0.3) is 0 Å². The van der Waals surface area contributed by atoms with Crippen molar-refractivity contribution in [3.63, 3.8) is 0 Å². The molecule has 1 aliphatic rings. The van der Waals surface area contributed by atoms with Gasteiger partial charge in [0.2, 0.25) is 11.4 Å². The number of halogens is 3. The summed E-state index contributed by atoms with van der Waals surface area (Å²) in [5, 5.41) is 2.60. The lowest BCUT2D eigenvalue weighted by Gasteiger charge is -2.31. The lowest BCUT2D eigenvalue weighted by molar-refractivity contribution is -0.181. The van der Waals surface area contributed by atoms with Gasteiger partial charge < -0.3 is 5.32 Å². The van der Waals surface area contributed by atoms with Crippen LogP contribution in [-0.4, -0.2) is 35.2 Å². The Morgan fingerprint density at radius 3 is 2.31 bits per heavy atom. The lowest BCUT2D eigenvalue weighted by Crippen LogP contribution is -2.59. The molecule has 0 spiro atoms. The van der Waals surface area contributed by atoms with E-state index in [1.165, 1.54) is 24.1 Å². The second-order valence-electron chi connectivity index (χ2n) is 8.49. The quantitative estimate of drug-likeness (QED) is 0.132. The molecule has 0 heterocycles. The summed E-state index contributed by atoms with van der Waals surface area (Å²) in [5.41, 5.74) is -1.86. The second-order valence-corrected chi connectivity index (χ2v) is 9.68. The van der Waals surface area contributed by atoms with Gasteiger partial charge in [-0.25, -0.2) is 0 Å². The van der Waals surface area contributed by atoms with Gasteiger partial charge in [0.05, 0.1) is 6.42 Å². The Morgan fingerprint density at radius 2 is 1.74 bits per heavy atom. The molecule has 0 unspecified atom stereocenters. The normalized spacial score (nSPS) is 14.6. The van der Waals surface area contributed by atoms with E-state index in [-0.39, 0.29) is 24.9 Å². The van der Waals surface area contributed by atoms with Crippen LogP contribution in [0.3, 0.4) is 0 Å². The first kappa shape index (κ1) is 31.1. The zero-order chi connectivity index (χ0) is 26.3. The Labute approximate surface area is 212 Å². The fourth-order valence-corrected chi connectivity index (χ4v) is 3.95. The Bertz CT molecular complexity index is 843. The molecule has 0 radical (unpaired) electrons. The summed E-state index contributed by atoms with van der Waals surface area (Å²) in [6.07, 6.45) is 0.0501. The van der Waals surface area contributed by atoms with E-state index in [9.17, 15) is 22.8 Å². The molecule has 1 aliphatic carbocycles. The number of ketones is 1. The Balaban J connectivity index is 0.00000298. The predicted molar refractivity (Wildman–Crippen MR) is 138 cm³/mol. The third kappa shape index (κ3) is 11.5. The number of hydrogen-bond acceptors (Lipinski definition) is 4. The number of carbonyl (C=O) groups excluding carboxylic acids is 2. The van der Waals surface area contributed by atoms with Crippen LogP contribution in [0.1, 0.15) is 94.5 Å². The topological polar surface area (TPSA) is 58.2 Å². The number of rotatable bonds is 13. The van der Waals surface area contributed by atoms with Crippen molar-refractivity contribution in [3.05, 3.63) is 35.4 Å². The summed E-state index contributed by atoms with van der Waals surface area (Å²) in [7, 11) is 0. The van der Waals surface area contributed by atoms with Gasteiger partial charge in [-0.05, 0) is 26.2 Å². The SMILES string of the molecule is CC.CCCCCCC#C[C@](CC(=O)c1ccc(C)cc1)(NC(=O)CCNSC1CC1)C(F)(F)F. The molecule has 0 saturated heterocycles. The smallest absolute Gasteiger partial charge is 0.332 e. The van der Waals surface area contributed by atoms with E-state index in [2.05, 4.69) is 21.9 Å². The van der Waals surface area contributed by atoms with E-state index >= 15 is 0 Å². The molecule has 1 amide bonds. The van der Waals surface area contributed by atoms with Crippen LogP contribution in [0, 0.1) is 18.8 Å². The number of nitrogens with one attached hydrogen (secondary N) is 2. The van der Waals surface area contributed by atoms with Gasteiger partial charge in [-0.3, -0.25) is 14.3 Å². The maximum absolute atomic E-state index is 14.3. The first-order valence-electron chi connectivity index (χ1n) is 12.5. The lowest BCUT2D eigenvalue weighted by atomic mass is 9.89. The number of Topliss-reactive ketones (excluding diaryl/α,β-unsaturated/α-hetero) is 1. The van der Waals surface area contributed by atoms with Gasteiger partial charge in [-0.2, -0.15) is 13.2 Å². The maximum atomic E-state index is 14.3. The molecule has 35 heavy (non-hydrogen) atoms. The molecule has 1 atom stereocenters. The standard InChI is InChI=1S/C25H33F3N2O2S.C2H6/c1-3-4-5-6-7-8-16-24(25(26,27)28,18-22(31)20-11-9-19(2)10-12-20)30-23(32)15-17-29-33-21-13-14-21;1-2/h9-12,21,29H,3-7,13-15,17-18H2,1-2H3,(H,30,32);1-2H3/t24-;/m1./s1. The molecular formula is C27H39F3N2O2S. The Kier molecular flexibility index (Phi) is 14.1.